The van der Waals surface area contributed by atoms with E-state index in [-0.39, 0.29) is 12.6 Å². The fourth-order valence-electron chi connectivity index (χ4n) is 1.78. The van der Waals surface area contributed by atoms with Gasteiger partial charge in [0.15, 0.2) is 0 Å². The smallest absolute Gasteiger partial charge is 0.0638 e. The van der Waals surface area contributed by atoms with Crippen LogP contribution >= 0.6 is 0 Å². The molecule has 0 radical (unpaired) electrons. The second kappa shape index (κ2) is 7.17. The minimum atomic E-state index is 0.0729. The van der Waals surface area contributed by atoms with Crippen LogP contribution in [0, 0.1) is 0 Å². The topological polar surface area (TPSA) is 53.5 Å². The highest BCUT2D eigenvalue weighted by Crippen LogP contribution is 2.05. The maximum Gasteiger partial charge on any atom is 0.0638 e. The molecule has 1 aliphatic heterocycles. The molecule has 2 atom stereocenters. The third-order valence-electron chi connectivity index (χ3n) is 2.65. The summed E-state index contributed by atoms with van der Waals surface area (Å²) in [4.78, 5) is 0. The van der Waals surface area contributed by atoms with Crippen LogP contribution in [0.3, 0.4) is 0 Å². The Morgan fingerprint density at radius 1 is 1.57 bits per heavy atom. The van der Waals surface area contributed by atoms with Crippen molar-refractivity contribution in [2.24, 2.45) is 0 Å². The van der Waals surface area contributed by atoms with Crippen molar-refractivity contribution >= 4 is 0 Å². The van der Waals surface area contributed by atoms with E-state index in [4.69, 9.17) is 9.84 Å². The number of hydrogen-bond acceptors (Lipinski definition) is 4. The van der Waals surface area contributed by atoms with Gasteiger partial charge in [-0.2, -0.15) is 0 Å². The highest BCUT2D eigenvalue weighted by molar-refractivity contribution is 4.76. The van der Waals surface area contributed by atoms with Gasteiger partial charge in [-0.1, -0.05) is 6.42 Å². The van der Waals surface area contributed by atoms with Gasteiger partial charge in [0.25, 0.3) is 0 Å². The average Bonchev–Trinajstić information content (AvgIpc) is 2.25. The van der Waals surface area contributed by atoms with Crippen LogP contribution in [-0.2, 0) is 4.74 Å². The quantitative estimate of drug-likeness (QED) is 0.555. The van der Waals surface area contributed by atoms with Crippen LogP contribution in [0.1, 0.15) is 19.3 Å². The second-order valence-corrected chi connectivity index (χ2v) is 3.89. The summed E-state index contributed by atoms with van der Waals surface area (Å²) in [5, 5.41) is 15.8. The Hall–Kier alpha value is -0.160. The van der Waals surface area contributed by atoms with Gasteiger partial charge in [-0.3, -0.25) is 0 Å². The maximum atomic E-state index is 9.02. The predicted molar refractivity (Wildman–Crippen MR) is 56.4 cm³/mol. The van der Waals surface area contributed by atoms with Gasteiger partial charge in [0, 0.05) is 19.7 Å². The number of methoxy groups -OCH3 is 1. The SMILES string of the molecule is COCC(CO)NCC1CCCCN1. The molecule has 2 unspecified atom stereocenters. The molecule has 84 valence electrons. The Morgan fingerprint density at radius 2 is 2.43 bits per heavy atom. The number of nitrogens with one attached hydrogen (secondary N) is 2. The molecule has 0 aromatic rings. The number of ether oxygens (including phenoxy) is 1. The minimum Gasteiger partial charge on any atom is -0.395 e. The van der Waals surface area contributed by atoms with Crippen LogP contribution in [-0.4, -0.2) is 50.6 Å². The first-order valence-corrected chi connectivity index (χ1v) is 5.43. The van der Waals surface area contributed by atoms with Crippen molar-refractivity contribution in [3.05, 3.63) is 0 Å². The van der Waals surface area contributed by atoms with E-state index < -0.39 is 0 Å². The molecule has 0 aromatic heterocycles. The summed E-state index contributed by atoms with van der Waals surface area (Å²) in [6.07, 6.45) is 3.84. The zero-order chi connectivity index (χ0) is 10.2. The Balaban J connectivity index is 2.10. The lowest BCUT2D eigenvalue weighted by Gasteiger charge is -2.25. The van der Waals surface area contributed by atoms with Gasteiger partial charge in [0.05, 0.1) is 19.3 Å². The van der Waals surface area contributed by atoms with E-state index >= 15 is 0 Å². The molecule has 0 aliphatic carbocycles. The molecule has 1 fully saturated rings. The van der Waals surface area contributed by atoms with Gasteiger partial charge in [-0.25, -0.2) is 0 Å². The lowest BCUT2D eigenvalue weighted by Crippen LogP contribution is -2.47. The van der Waals surface area contributed by atoms with E-state index in [1.165, 1.54) is 19.3 Å². The van der Waals surface area contributed by atoms with Crippen LogP contribution in [0.4, 0.5) is 0 Å². The third kappa shape index (κ3) is 4.37. The summed E-state index contributed by atoms with van der Waals surface area (Å²) in [5.74, 6) is 0. The minimum absolute atomic E-state index is 0.0729. The zero-order valence-electron chi connectivity index (χ0n) is 8.96. The molecule has 1 rings (SSSR count). The first-order chi connectivity index (χ1) is 6.86. The van der Waals surface area contributed by atoms with Crippen molar-refractivity contribution in [2.45, 2.75) is 31.3 Å². The van der Waals surface area contributed by atoms with Crippen LogP contribution in [0.2, 0.25) is 0 Å². The van der Waals surface area contributed by atoms with E-state index in [2.05, 4.69) is 10.6 Å². The standard InChI is InChI=1S/C10H22N2O2/c1-14-8-10(7-13)12-6-9-4-2-3-5-11-9/h9-13H,2-8H2,1H3. The van der Waals surface area contributed by atoms with Crippen molar-refractivity contribution < 1.29 is 9.84 Å². The van der Waals surface area contributed by atoms with E-state index in [1.807, 2.05) is 0 Å². The van der Waals surface area contributed by atoms with Gasteiger partial charge >= 0.3 is 0 Å². The molecule has 0 spiro atoms. The van der Waals surface area contributed by atoms with Gasteiger partial charge < -0.3 is 20.5 Å². The number of piperidine rings is 1. The van der Waals surface area contributed by atoms with Crippen molar-refractivity contribution in [1.82, 2.24) is 10.6 Å². The molecule has 0 saturated carbocycles. The lowest BCUT2D eigenvalue weighted by molar-refractivity contribution is 0.126. The Kier molecular flexibility index (Phi) is 6.10. The Labute approximate surface area is 86.0 Å². The largest absolute Gasteiger partial charge is 0.395 e. The number of aliphatic hydroxyl groups excluding tert-OH is 1. The molecule has 3 N–H and O–H groups in total. The van der Waals surface area contributed by atoms with Crippen LogP contribution in [0.5, 0.6) is 0 Å². The molecule has 0 aromatic carbocycles. The van der Waals surface area contributed by atoms with Crippen molar-refractivity contribution in [3.8, 4) is 0 Å². The monoisotopic (exact) mass is 202 g/mol. The van der Waals surface area contributed by atoms with Gasteiger partial charge in [-0.15, -0.1) is 0 Å². The van der Waals surface area contributed by atoms with Crippen LogP contribution in [0.15, 0.2) is 0 Å². The molecule has 1 heterocycles. The molecule has 0 amide bonds. The maximum absolute atomic E-state index is 9.02. The molecular formula is C10H22N2O2. The summed E-state index contributed by atoms with van der Waals surface area (Å²) < 4.78 is 4.99. The fourth-order valence-corrected chi connectivity index (χ4v) is 1.78. The molecule has 4 heteroatoms. The Morgan fingerprint density at radius 3 is 3.00 bits per heavy atom. The van der Waals surface area contributed by atoms with Gasteiger partial charge in [-0.05, 0) is 19.4 Å². The number of aliphatic hydroxyl groups is 1. The first-order valence-electron chi connectivity index (χ1n) is 5.43. The summed E-state index contributed by atoms with van der Waals surface area (Å²) in [6, 6.07) is 0.637. The third-order valence-corrected chi connectivity index (χ3v) is 2.65. The van der Waals surface area contributed by atoms with E-state index in [0.29, 0.717) is 12.6 Å². The molecule has 1 saturated heterocycles. The molecule has 1 aliphatic rings. The summed E-state index contributed by atoms with van der Waals surface area (Å²) >= 11 is 0. The van der Waals surface area contributed by atoms with E-state index in [1.54, 1.807) is 7.11 Å². The molecule has 14 heavy (non-hydrogen) atoms. The predicted octanol–water partition coefficient (Wildman–Crippen LogP) is -0.275. The number of rotatable bonds is 6. The molecule has 0 bridgehead atoms. The zero-order valence-corrected chi connectivity index (χ0v) is 8.96. The molecule has 4 nitrogen and oxygen atoms in total. The first kappa shape index (κ1) is 11.9. The summed E-state index contributed by atoms with van der Waals surface area (Å²) in [7, 11) is 1.66. The summed E-state index contributed by atoms with van der Waals surface area (Å²) in [5.41, 5.74) is 0. The van der Waals surface area contributed by atoms with Crippen LogP contribution < -0.4 is 10.6 Å². The fraction of sp³-hybridized carbons (Fsp3) is 1.00. The second-order valence-electron chi connectivity index (χ2n) is 3.89. The van der Waals surface area contributed by atoms with E-state index in [9.17, 15) is 0 Å². The van der Waals surface area contributed by atoms with Crippen molar-refractivity contribution in [1.29, 1.82) is 0 Å². The highest BCUT2D eigenvalue weighted by Gasteiger charge is 2.14. The van der Waals surface area contributed by atoms with Crippen molar-refractivity contribution in [2.75, 3.05) is 33.4 Å². The number of hydrogen-bond donors (Lipinski definition) is 3. The lowest BCUT2D eigenvalue weighted by atomic mass is 10.0. The summed E-state index contributed by atoms with van der Waals surface area (Å²) in [6.45, 7) is 2.76. The molecular weight excluding hydrogens is 180 g/mol. The Bertz CT molecular complexity index is 133. The normalized spacial score (nSPS) is 24.9. The van der Waals surface area contributed by atoms with Crippen molar-refractivity contribution in [3.63, 3.8) is 0 Å². The van der Waals surface area contributed by atoms with Gasteiger partial charge in [0.1, 0.15) is 0 Å². The average molecular weight is 202 g/mol. The van der Waals surface area contributed by atoms with Crippen LogP contribution in [0.25, 0.3) is 0 Å². The highest BCUT2D eigenvalue weighted by atomic mass is 16.5. The van der Waals surface area contributed by atoms with E-state index in [0.717, 1.165) is 13.1 Å². The van der Waals surface area contributed by atoms with Gasteiger partial charge in [0.2, 0.25) is 0 Å².